The molecule has 3 aromatic rings. The zero-order chi connectivity index (χ0) is 17.5. The number of hydrogen-bond donors (Lipinski definition) is 1. The van der Waals surface area contributed by atoms with Crippen LogP contribution in [0.4, 0.5) is 5.69 Å². The van der Waals surface area contributed by atoms with Crippen LogP contribution in [0.15, 0.2) is 78.9 Å². The molecule has 0 spiro atoms. The molecule has 1 N–H and O–H groups in total. The van der Waals surface area contributed by atoms with Crippen LogP contribution < -0.4 is 14.8 Å². The van der Waals surface area contributed by atoms with Crippen molar-refractivity contribution in [3.8, 4) is 11.5 Å². The van der Waals surface area contributed by atoms with Gasteiger partial charge in [-0.15, -0.1) is 0 Å². The minimum atomic E-state index is -0.178. The molecular formula is C21H19NO3. The first kappa shape index (κ1) is 16.6. The fourth-order valence-electron chi connectivity index (χ4n) is 2.35. The zero-order valence-electron chi connectivity index (χ0n) is 13.9. The van der Waals surface area contributed by atoms with E-state index in [1.807, 2.05) is 54.6 Å². The molecule has 0 atom stereocenters. The van der Waals surface area contributed by atoms with E-state index in [2.05, 4.69) is 5.32 Å². The second kappa shape index (κ2) is 8.02. The Balaban J connectivity index is 1.63. The molecule has 25 heavy (non-hydrogen) atoms. The Morgan fingerprint density at radius 1 is 0.880 bits per heavy atom. The van der Waals surface area contributed by atoms with Crippen molar-refractivity contribution in [3.63, 3.8) is 0 Å². The molecule has 0 bridgehead atoms. The lowest BCUT2D eigenvalue weighted by Crippen LogP contribution is -2.11. The van der Waals surface area contributed by atoms with E-state index in [9.17, 15) is 4.79 Å². The van der Waals surface area contributed by atoms with Crippen molar-refractivity contribution in [3.05, 3.63) is 90.0 Å². The number of amides is 1. The summed E-state index contributed by atoms with van der Waals surface area (Å²) in [6.07, 6.45) is 0. The molecule has 0 fully saturated rings. The summed E-state index contributed by atoms with van der Waals surface area (Å²) in [6.45, 7) is 0.483. The minimum Gasteiger partial charge on any atom is -0.497 e. The summed E-state index contributed by atoms with van der Waals surface area (Å²) in [5.74, 6) is 1.24. The summed E-state index contributed by atoms with van der Waals surface area (Å²) in [5.41, 5.74) is 2.35. The summed E-state index contributed by atoms with van der Waals surface area (Å²) in [7, 11) is 1.59. The van der Waals surface area contributed by atoms with E-state index in [1.165, 1.54) is 0 Å². The van der Waals surface area contributed by atoms with Crippen LogP contribution in [0.25, 0.3) is 0 Å². The molecule has 0 radical (unpaired) electrons. The van der Waals surface area contributed by atoms with Gasteiger partial charge < -0.3 is 14.8 Å². The third-order valence-electron chi connectivity index (χ3n) is 3.69. The monoisotopic (exact) mass is 333 g/mol. The molecule has 0 aliphatic heterocycles. The zero-order valence-corrected chi connectivity index (χ0v) is 13.9. The predicted octanol–water partition coefficient (Wildman–Crippen LogP) is 4.53. The number of benzene rings is 3. The molecule has 0 saturated heterocycles. The summed E-state index contributed by atoms with van der Waals surface area (Å²) < 4.78 is 10.9. The molecule has 0 unspecified atom stereocenters. The van der Waals surface area contributed by atoms with Gasteiger partial charge in [-0.05, 0) is 42.0 Å². The molecule has 1 amide bonds. The smallest absolute Gasteiger partial charge is 0.255 e. The summed E-state index contributed by atoms with van der Waals surface area (Å²) in [4.78, 5) is 12.3. The molecule has 3 aromatic carbocycles. The third-order valence-corrected chi connectivity index (χ3v) is 3.69. The topological polar surface area (TPSA) is 47.6 Å². The van der Waals surface area contributed by atoms with Crippen LogP contribution in [-0.4, -0.2) is 13.0 Å². The highest BCUT2D eigenvalue weighted by Crippen LogP contribution is 2.20. The summed E-state index contributed by atoms with van der Waals surface area (Å²) in [6, 6.07) is 24.3. The number of carbonyl (C=O) groups excluding carboxylic acids is 1. The van der Waals surface area contributed by atoms with Crippen LogP contribution in [0.3, 0.4) is 0 Å². The normalized spacial score (nSPS) is 10.1. The van der Waals surface area contributed by atoms with E-state index >= 15 is 0 Å². The molecule has 3 rings (SSSR count). The molecule has 4 nitrogen and oxygen atoms in total. The lowest BCUT2D eigenvalue weighted by atomic mass is 10.2. The molecule has 0 aliphatic carbocycles. The highest BCUT2D eigenvalue weighted by molar-refractivity contribution is 6.04. The fourth-order valence-corrected chi connectivity index (χ4v) is 2.35. The second-order valence-electron chi connectivity index (χ2n) is 5.48. The number of ether oxygens (including phenoxy) is 2. The fraction of sp³-hybridized carbons (Fsp3) is 0.0952. The van der Waals surface area contributed by atoms with Crippen LogP contribution in [0.1, 0.15) is 15.9 Å². The van der Waals surface area contributed by atoms with E-state index in [1.54, 1.807) is 31.4 Å². The lowest BCUT2D eigenvalue weighted by molar-refractivity contribution is 0.102. The van der Waals surface area contributed by atoms with Crippen LogP contribution in [-0.2, 0) is 6.61 Å². The molecule has 4 heteroatoms. The van der Waals surface area contributed by atoms with Crippen molar-refractivity contribution in [2.75, 3.05) is 12.4 Å². The molecular weight excluding hydrogens is 314 g/mol. The van der Waals surface area contributed by atoms with Gasteiger partial charge in [-0.2, -0.15) is 0 Å². The van der Waals surface area contributed by atoms with Gasteiger partial charge in [0.25, 0.3) is 5.91 Å². The summed E-state index contributed by atoms with van der Waals surface area (Å²) >= 11 is 0. The van der Waals surface area contributed by atoms with E-state index in [-0.39, 0.29) is 5.91 Å². The Hall–Kier alpha value is -3.27. The van der Waals surface area contributed by atoms with Gasteiger partial charge in [0.15, 0.2) is 0 Å². The quantitative estimate of drug-likeness (QED) is 0.721. The van der Waals surface area contributed by atoms with Crippen LogP contribution in [0, 0.1) is 0 Å². The second-order valence-corrected chi connectivity index (χ2v) is 5.48. The van der Waals surface area contributed by atoms with E-state index in [0.717, 1.165) is 5.56 Å². The van der Waals surface area contributed by atoms with Crippen molar-refractivity contribution < 1.29 is 14.3 Å². The number of anilines is 1. The maximum Gasteiger partial charge on any atom is 0.255 e. The minimum absolute atomic E-state index is 0.178. The molecule has 126 valence electrons. The first-order chi connectivity index (χ1) is 12.2. The SMILES string of the molecule is COc1ccc(C(=O)Nc2cccc(OCc3ccccc3)c2)cc1. The average Bonchev–Trinajstić information content (AvgIpc) is 2.67. The number of rotatable bonds is 6. The van der Waals surface area contributed by atoms with Gasteiger partial charge in [-0.25, -0.2) is 0 Å². The Kier molecular flexibility index (Phi) is 5.32. The van der Waals surface area contributed by atoms with Gasteiger partial charge in [0.05, 0.1) is 7.11 Å². The van der Waals surface area contributed by atoms with Crippen LogP contribution >= 0.6 is 0 Å². The van der Waals surface area contributed by atoms with Gasteiger partial charge in [-0.3, -0.25) is 4.79 Å². The molecule has 0 heterocycles. The Bertz CT molecular complexity index is 829. The Morgan fingerprint density at radius 2 is 1.64 bits per heavy atom. The van der Waals surface area contributed by atoms with Crippen LogP contribution in [0.2, 0.25) is 0 Å². The van der Waals surface area contributed by atoms with Crippen molar-refractivity contribution in [2.45, 2.75) is 6.61 Å². The number of methoxy groups -OCH3 is 1. The largest absolute Gasteiger partial charge is 0.497 e. The number of hydrogen-bond acceptors (Lipinski definition) is 3. The van der Waals surface area contributed by atoms with Gasteiger partial charge in [0, 0.05) is 17.3 Å². The predicted molar refractivity (Wildman–Crippen MR) is 98.2 cm³/mol. The van der Waals surface area contributed by atoms with Gasteiger partial charge in [0.1, 0.15) is 18.1 Å². The third kappa shape index (κ3) is 4.61. The number of carbonyl (C=O) groups is 1. The Morgan fingerprint density at radius 3 is 2.36 bits per heavy atom. The van der Waals surface area contributed by atoms with Crippen molar-refractivity contribution in [1.82, 2.24) is 0 Å². The van der Waals surface area contributed by atoms with Crippen molar-refractivity contribution in [1.29, 1.82) is 0 Å². The highest BCUT2D eigenvalue weighted by atomic mass is 16.5. The maximum atomic E-state index is 12.3. The number of nitrogens with one attached hydrogen (secondary N) is 1. The van der Waals surface area contributed by atoms with Crippen LogP contribution in [0.5, 0.6) is 11.5 Å². The van der Waals surface area contributed by atoms with Gasteiger partial charge >= 0.3 is 0 Å². The van der Waals surface area contributed by atoms with Gasteiger partial charge in [-0.1, -0.05) is 36.4 Å². The lowest BCUT2D eigenvalue weighted by Gasteiger charge is -2.10. The Labute approximate surface area is 147 Å². The van der Waals surface area contributed by atoms with Crippen molar-refractivity contribution >= 4 is 11.6 Å². The highest BCUT2D eigenvalue weighted by Gasteiger charge is 2.07. The van der Waals surface area contributed by atoms with E-state index < -0.39 is 0 Å². The van der Waals surface area contributed by atoms with Crippen molar-refractivity contribution in [2.24, 2.45) is 0 Å². The first-order valence-corrected chi connectivity index (χ1v) is 7.97. The van der Waals surface area contributed by atoms with Gasteiger partial charge in [0.2, 0.25) is 0 Å². The summed E-state index contributed by atoms with van der Waals surface area (Å²) in [5, 5.41) is 2.87. The molecule has 0 saturated carbocycles. The first-order valence-electron chi connectivity index (χ1n) is 7.97. The standard InChI is InChI=1S/C21H19NO3/c1-24-19-12-10-17(11-13-19)21(23)22-18-8-5-9-20(14-18)25-15-16-6-3-2-4-7-16/h2-14H,15H2,1H3,(H,22,23). The van der Waals surface area contributed by atoms with E-state index in [4.69, 9.17) is 9.47 Å². The molecule has 0 aliphatic rings. The molecule has 0 aromatic heterocycles. The maximum absolute atomic E-state index is 12.3. The average molecular weight is 333 g/mol. The van der Waals surface area contributed by atoms with E-state index in [0.29, 0.717) is 29.4 Å².